The largest absolute Gasteiger partial charge is 0.302 e. The van der Waals surface area contributed by atoms with E-state index in [-0.39, 0.29) is 28.4 Å². The second kappa shape index (κ2) is 9.49. The van der Waals surface area contributed by atoms with Crippen LogP contribution < -0.4 is 5.32 Å². The molecule has 1 aliphatic heterocycles. The van der Waals surface area contributed by atoms with E-state index >= 15 is 0 Å². The summed E-state index contributed by atoms with van der Waals surface area (Å²) in [7, 11) is -3.30. The molecular formula is C23H29N5O3S2. The maximum atomic E-state index is 12.4. The molecule has 1 fully saturated rings. The average Bonchev–Trinajstić information content (AvgIpc) is 3.33. The van der Waals surface area contributed by atoms with Gasteiger partial charge in [-0.05, 0) is 50.7 Å². The van der Waals surface area contributed by atoms with Gasteiger partial charge in [-0.15, -0.1) is 11.3 Å². The van der Waals surface area contributed by atoms with Gasteiger partial charge in [0, 0.05) is 36.4 Å². The molecule has 0 bridgehead atoms. The van der Waals surface area contributed by atoms with Crippen molar-refractivity contribution in [3.8, 4) is 6.07 Å². The number of aromatic nitrogens is 2. The molecule has 0 unspecified atom stereocenters. The first kappa shape index (κ1) is 23.8. The van der Waals surface area contributed by atoms with Crippen LogP contribution in [0.15, 0.2) is 23.2 Å². The summed E-state index contributed by atoms with van der Waals surface area (Å²) in [6.07, 6.45) is 5.52. The van der Waals surface area contributed by atoms with Crippen LogP contribution in [0.3, 0.4) is 0 Å². The van der Waals surface area contributed by atoms with Gasteiger partial charge in [-0.25, -0.2) is 13.4 Å². The fourth-order valence-electron chi connectivity index (χ4n) is 4.45. The normalized spacial score (nSPS) is 23.1. The van der Waals surface area contributed by atoms with Crippen LogP contribution in [0, 0.1) is 22.7 Å². The van der Waals surface area contributed by atoms with E-state index < -0.39 is 9.84 Å². The van der Waals surface area contributed by atoms with Crippen molar-refractivity contribution < 1.29 is 13.2 Å². The number of carbonyl (C=O) groups is 1. The molecule has 1 amide bonds. The van der Waals surface area contributed by atoms with Crippen molar-refractivity contribution in [2.75, 3.05) is 17.6 Å². The van der Waals surface area contributed by atoms with Gasteiger partial charge in [0.25, 0.3) is 0 Å². The second-order valence-electron chi connectivity index (χ2n) is 9.29. The zero-order valence-corrected chi connectivity index (χ0v) is 20.6. The van der Waals surface area contributed by atoms with Gasteiger partial charge in [0.05, 0.1) is 34.2 Å². The highest BCUT2D eigenvalue weighted by Crippen LogP contribution is 2.39. The quantitative estimate of drug-likeness (QED) is 0.635. The van der Waals surface area contributed by atoms with Crippen LogP contribution in [0.2, 0.25) is 0 Å². The summed E-state index contributed by atoms with van der Waals surface area (Å²) in [5.41, 5.74) is 1.39. The van der Waals surface area contributed by atoms with Gasteiger partial charge in [0.1, 0.15) is 0 Å². The molecular weight excluding hydrogens is 458 g/mol. The van der Waals surface area contributed by atoms with Gasteiger partial charge in [0.15, 0.2) is 15.0 Å². The number of nitriles is 1. The van der Waals surface area contributed by atoms with Crippen LogP contribution in [0.4, 0.5) is 5.13 Å². The lowest BCUT2D eigenvalue weighted by Gasteiger charge is -2.33. The van der Waals surface area contributed by atoms with E-state index in [0.717, 1.165) is 51.0 Å². The molecule has 1 N–H and O–H groups in total. The summed E-state index contributed by atoms with van der Waals surface area (Å²) in [4.78, 5) is 24.9. The minimum Gasteiger partial charge on any atom is -0.302 e. The molecule has 1 aliphatic carbocycles. The number of nitrogens with zero attached hydrogens (tertiary/aromatic N) is 4. The smallest absolute Gasteiger partial charge is 0.232 e. The minimum absolute atomic E-state index is 0.0158. The Morgan fingerprint density at radius 2 is 2.09 bits per heavy atom. The average molecular weight is 488 g/mol. The number of carbonyl (C=O) groups excluding carboxylic acids is 1. The Bertz CT molecular complexity index is 1140. The predicted octanol–water partition coefficient (Wildman–Crippen LogP) is 3.55. The lowest BCUT2D eigenvalue weighted by atomic mass is 9.72. The van der Waals surface area contributed by atoms with E-state index in [0.29, 0.717) is 16.7 Å². The molecule has 0 saturated heterocycles. The molecule has 1 saturated carbocycles. The van der Waals surface area contributed by atoms with Crippen molar-refractivity contribution in [1.29, 1.82) is 5.26 Å². The molecule has 10 heteroatoms. The van der Waals surface area contributed by atoms with Crippen molar-refractivity contribution in [3.05, 3.63) is 34.6 Å². The summed E-state index contributed by atoms with van der Waals surface area (Å²) in [5.74, 6) is 0.425. The summed E-state index contributed by atoms with van der Waals surface area (Å²) in [6, 6.07) is 5.54. The number of sulfone groups is 1. The molecule has 0 atom stereocenters. The molecule has 0 spiro atoms. The van der Waals surface area contributed by atoms with Crippen LogP contribution >= 0.6 is 11.3 Å². The number of amides is 1. The lowest BCUT2D eigenvalue weighted by Crippen LogP contribution is -2.30. The first-order chi connectivity index (χ1) is 15.7. The van der Waals surface area contributed by atoms with Crippen LogP contribution in [0.5, 0.6) is 0 Å². The fourth-order valence-corrected chi connectivity index (χ4v) is 6.30. The van der Waals surface area contributed by atoms with Crippen LogP contribution in [0.1, 0.15) is 55.8 Å². The fraction of sp³-hybridized carbons (Fsp3) is 0.565. The number of thiazole rings is 1. The number of fused-ring (bicyclic) bond motifs is 1. The zero-order valence-electron chi connectivity index (χ0n) is 19.0. The Balaban J connectivity index is 1.26. The predicted molar refractivity (Wildman–Crippen MR) is 126 cm³/mol. The molecule has 2 aromatic rings. The third-order valence-electron chi connectivity index (χ3n) is 6.64. The maximum Gasteiger partial charge on any atom is 0.232 e. The molecule has 0 radical (unpaired) electrons. The van der Waals surface area contributed by atoms with Crippen molar-refractivity contribution in [3.63, 3.8) is 0 Å². The molecule has 176 valence electrons. The molecule has 4 rings (SSSR count). The Hall–Kier alpha value is -2.35. The van der Waals surface area contributed by atoms with E-state index in [1.165, 1.54) is 28.5 Å². The van der Waals surface area contributed by atoms with E-state index in [2.05, 4.69) is 33.2 Å². The van der Waals surface area contributed by atoms with Gasteiger partial charge in [-0.3, -0.25) is 14.7 Å². The van der Waals surface area contributed by atoms with Crippen molar-refractivity contribution in [2.24, 2.45) is 11.3 Å². The Morgan fingerprint density at radius 1 is 1.33 bits per heavy atom. The molecule has 8 nitrogen and oxygen atoms in total. The molecule has 3 heterocycles. The monoisotopic (exact) mass is 487 g/mol. The molecule has 2 aromatic heterocycles. The first-order valence-electron chi connectivity index (χ1n) is 11.3. The lowest BCUT2D eigenvalue weighted by molar-refractivity contribution is -0.115. The van der Waals surface area contributed by atoms with Crippen molar-refractivity contribution in [2.45, 2.75) is 63.9 Å². The highest BCUT2D eigenvalue weighted by atomic mass is 32.2. The van der Waals surface area contributed by atoms with Gasteiger partial charge < -0.3 is 5.32 Å². The van der Waals surface area contributed by atoms with Gasteiger partial charge in [-0.2, -0.15) is 5.26 Å². The van der Waals surface area contributed by atoms with Gasteiger partial charge >= 0.3 is 0 Å². The first-order valence-corrected chi connectivity index (χ1v) is 13.8. The highest BCUT2D eigenvalue weighted by molar-refractivity contribution is 7.91. The summed E-state index contributed by atoms with van der Waals surface area (Å²) >= 11 is 1.51. The number of pyridine rings is 1. The summed E-state index contributed by atoms with van der Waals surface area (Å²) < 4.78 is 23.8. The number of anilines is 1. The second-order valence-corrected chi connectivity index (χ2v) is 12.6. The summed E-state index contributed by atoms with van der Waals surface area (Å²) in [5, 5.41) is 12.8. The van der Waals surface area contributed by atoms with Crippen LogP contribution in [-0.2, 0) is 34.1 Å². The van der Waals surface area contributed by atoms with E-state index in [4.69, 9.17) is 0 Å². The summed E-state index contributed by atoms with van der Waals surface area (Å²) in [6.45, 7) is 6.33. The number of hydrogen-bond donors (Lipinski definition) is 1. The van der Waals surface area contributed by atoms with E-state index in [9.17, 15) is 18.5 Å². The Labute approximate surface area is 199 Å². The highest BCUT2D eigenvalue weighted by Gasteiger charge is 2.33. The number of rotatable bonds is 7. The van der Waals surface area contributed by atoms with Crippen LogP contribution in [0.25, 0.3) is 0 Å². The third-order valence-corrected chi connectivity index (χ3v) is 9.36. The van der Waals surface area contributed by atoms with Crippen molar-refractivity contribution >= 4 is 32.2 Å². The third kappa shape index (κ3) is 5.60. The molecule has 33 heavy (non-hydrogen) atoms. The van der Waals surface area contributed by atoms with E-state index in [1.54, 1.807) is 13.0 Å². The molecule has 0 aromatic carbocycles. The van der Waals surface area contributed by atoms with Crippen LogP contribution in [-0.4, -0.2) is 41.5 Å². The minimum atomic E-state index is -3.30. The van der Waals surface area contributed by atoms with Crippen molar-refractivity contribution in [1.82, 2.24) is 14.9 Å². The zero-order chi connectivity index (χ0) is 23.6. The Morgan fingerprint density at radius 3 is 2.70 bits per heavy atom. The van der Waals surface area contributed by atoms with Gasteiger partial charge in [-0.1, -0.05) is 6.92 Å². The topological polar surface area (TPSA) is 116 Å². The SMILES string of the molecule is CCS(=O)(=O)c1ccc(CC(=O)Nc2nc3c(s2)CN(C[C@H]2CC[C@@](C)(C#N)CC2)C3)nc1. The number of nitrogens with one attached hydrogen (secondary N) is 1. The molecule has 2 aliphatic rings. The number of hydrogen-bond acceptors (Lipinski definition) is 8. The maximum absolute atomic E-state index is 12.4. The standard InChI is InChI=1S/C23H29N5O3S2/c1-3-33(30,31)18-5-4-17(25-11-18)10-21(29)27-22-26-19-13-28(14-20(19)32-22)12-16-6-8-23(2,15-24)9-7-16/h4-5,11,16H,3,6-10,12-14H2,1-2H3,(H,26,27,29)/t16-,23+. The van der Waals surface area contributed by atoms with Gasteiger partial charge in [0.2, 0.25) is 5.91 Å². The van der Waals surface area contributed by atoms with E-state index in [1.807, 2.05) is 0 Å². The Kier molecular flexibility index (Phi) is 6.84.